The Morgan fingerprint density at radius 3 is 1.83 bits per heavy atom. The van der Waals surface area contributed by atoms with Gasteiger partial charge in [0.2, 0.25) is 11.8 Å². The summed E-state index contributed by atoms with van der Waals surface area (Å²) in [5.74, 6) is -2.27. The number of rotatable bonds is 10. The SMILES string of the molecule is CCN1CCN(C(=O)Nc2ccccc2CC(=O)NN2C(=O)C[C@H]2SC(c2ccccc2)(c2ccccc2)c2ccccc2)C(=O)C1=O. The van der Waals surface area contributed by atoms with Crippen molar-refractivity contribution in [2.75, 3.05) is 25.0 Å². The van der Waals surface area contributed by atoms with Gasteiger partial charge >= 0.3 is 17.8 Å². The summed E-state index contributed by atoms with van der Waals surface area (Å²) in [7, 11) is 0. The molecule has 2 heterocycles. The van der Waals surface area contributed by atoms with Crippen LogP contribution in [0.3, 0.4) is 0 Å². The highest BCUT2D eigenvalue weighted by Crippen LogP contribution is 2.52. The predicted octanol–water partition coefficient (Wildman–Crippen LogP) is 4.77. The molecule has 0 spiro atoms. The number of β-lactam (4-membered cyclic amide) rings is 1. The summed E-state index contributed by atoms with van der Waals surface area (Å²) in [6.07, 6.45) is 0.0964. The van der Waals surface area contributed by atoms with Crippen molar-refractivity contribution in [3.8, 4) is 0 Å². The highest BCUT2D eigenvalue weighted by atomic mass is 32.2. The van der Waals surface area contributed by atoms with Crippen LogP contribution in [0.5, 0.6) is 0 Å². The van der Waals surface area contributed by atoms with Crippen molar-refractivity contribution in [3.05, 3.63) is 138 Å². The smallest absolute Gasteiger partial charge is 0.329 e. The molecule has 0 aliphatic carbocycles. The minimum atomic E-state index is -0.895. The van der Waals surface area contributed by atoms with E-state index < -0.39 is 28.5 Å². The van der Waals surface area contributed by atoms with Crippen LogP contribution in [0.15, 0.2) is 115 Å². The fourth-order valence-electron chi connectivity index (χ4n) is 6.04. The lowest BCUT2D eigenvalue weighted by molar-refractivity contribution is -0.153. The number of anilines is 1. The second kappa shape index (κ2) is 14.1. The van der Waals surface area contributed by atoms with Gasteiger partial charge in [0, 0.05) is 25.3 Å². The Morgan fingerprint density at radius 1 is 0.750 bits per heavy atom. The molecule has 0 radical (unpaired) electrons. The summed E-state index contributed by atoms with van der Waals surface area (Å²) >= 11 is 1.59. The number of carbonyl (C=O) groups is 5. The van der Waals surface area contributed by atoms with Crippen molar-refractivity contribution in [3.63, 3.8) is 0 Å². The first-order valence-corrected chi connectivity index (χ1v) is 16.7. The van der Waals surface area contributed by atoms with Crippen LogP contribution < -0.4 is 10.7 Å². The van der Waals surface area contributed by atoms with E-state index in [0.717, 1.165) is 21.6 Å². The second-order valence-corrected chi connectivity index (χ2v) is 12.9. The number of nitrogens with zero attached hydrogens (tertiary/aromatic N) is 3. The van der Waals surface area contributed by atoms with Crippen molar-refractivity contribution in [2.45, 2.75) is 29.9 Å². The first-order valence-electron chi connectivity index (χ1n) is 15.8. The molecule has 6 amide bonds. The van der Waals surface area contributed by atoms with E-state index >= 15 is 0 Å². The molecule has 0 bridgehead atoms. The third-order valence-electron chi connectivity index (χ3n) is 8.55. The minimum Gasteiger partial charge on any atom is -0.333 e. The third-order valence-corrected chi connectivity index (χ3v) is 10.3. The van der Waals surface area contributed by atoms with Gasteiger partial charge in [-0.15, -0.1) is 11.8 Å². The summed E-state index contributed by atoms with van der Waals surface area (Å²) in [6, 6.07) is 36.4. The van der Waals surface area contributed by atoms with Crippen LogP contribution in [0.2, 0.25) is 0 Å². The predicted molar refractivity (Wildman–Crippen MR) is 183 cm³/mol. The monoisotopic (exact) mass is 661 g/mol. The maximum Gasteiger partial charge on any atom is 0.329 e. The number of benzene rings is 4. The molecule has 10 nitrogen and oxygen atoms in total. The van der Waals surface area contributed by atoms with Crippen LogP contribution in [-0.2, 0) is 30.3 Å². The molecule has 2 N–H and O–H groups in total. The van der Waals surface area contributed by atoms with Crippen molar-refractivity contribution < 1.29 is 24.0 Å². The van der Waals surface area contributed by atoms with Crippen molar-refractivity contribution in [1.29, 1.82) is 0 Å². The Bertz CT molecular complexity index is 1730. The summed E-state index contributed by atoms with van der Waals surface area (Å²) in [5.41, 5.74) is 6.74. The van der Waals surface area contributed by atoms with Gasteiger partial charge < -0.3 is 10.2 Å². The first kappa shape index (κ1) is 32.5. The van der Waals surface area contributed by atoms with Crippen LogP contribution >= 0.6 is 11.8 Å². The van der Waals surface area contributed by atoms with Gasteiger partial charge in [-0.1, -0.05) is 109 Å². The van der Waals surface area contributed by atoms with Gasteiger partial charge in [-0.3, -0.25) is 29.5 Å². The lowest BCUT2D eigenvalue weighted by Gasteiger charge is -2.45. The van der Waals surface area contributed by atoms with Gasteiger partial charge in [-0.05, 0) is 35.2 Å². The van der Waals surface area contributed by atoms with Crippen LogP contribution in [-0.4, -0.2) is 69.5 Å². The molecule has 11 heteroatoms. The van der Waals surface area contributed by atoms with E-state index in [4.69, 9.17) is 0 Å². The number of carbonyl (C=O) groups excluding carboxylic acids is 5. The number of likely N-dealkylation sites (N-methyl/N-ethyl adjacent to an activating group) is 1. The standard InChI is InChI=1S/C37H35N5O5S/c1-2-40-22-23-41(35(46)34(40)45)36(47)38-30-21-13-12-14-26(30)24-31(43)39-42-32(44)25-33(42)48-37(27-15-6-3-7-16-27,28-17-8-4-9-18-28)29-19-10-5-11-20-29/h3-21,33H,2,22-25H2,1H3,(H,38,47)(H,39,43)/t33-/m1/s1. The van der Waals surface area contributed by atoms with E-state index in [1.165, 1.54) is 9.91 Å². The summed E-state index contributed by atoms with van der Waals surface area (Å²) < 4.78 is -0.684. The number of amides is 6. The molecule has 1 atom stereocenters. The van der Waals surface area contributed by atoms with E-state index in [1.807, 2.05) is 54.6 Å². The molecule has 0 saturated carbocycles. The number of hydrogen-bond acceptors (Lipinski definition) is 6. The van der Waals surface area contributed by atoms with Gasteiger partial charge in [-0.2, -0.15) is 0 Å². The molecule has 0 aromatic heterocycles. The van der Waals surface area contributed by atoms with Gasteiger partial charge in [-0.25, -0.2) is 9.80 Å². The third kappa shape index (κ3) is 6.41. The Morgan fingerprint density at radius 2 is 1.29 bits per heavy atom. The summed E-state index contributed by atoms with van der Waals surface area (Å²) in [5, 5.41) is 3.70. The van der Waals surface area contributed by atoms with E-state index in [-0.39, 0.29) is 37.2 Å². The van der Waals surface area contributed by atoms with Crippen molar-refractivity contribution in [1.82, 2.24) is 20.2 Å². The zero-order valence-electron chi connectivity index (χ0n) is 26.4. The van der Waals surface area contributed by atoms with Crippen LogP contribution in [0, 0.1) is 0 Å². The number of nitrogens with one attached hydrogen (secondary N) is 2. The Balaban J connectivity index is 1.20. The van der Waals surface area contributed by atoms with E-state index in [0.29, 0.717) is 17.8 Å². The molecule has 4 aromatic rings. The molecular formula is C37H35N5O5S. The Hall–Kier alpha value is -5.42. The first-order chi connectivity index (χ1) is 23.3. The lowest BCUT2D eigenvalue weighted by Crippen LogP contribution is -2.60. The van der Waals surface area contributed by atoms with Crippen LogP contribution in [0.4, 0.5) is 10.5 Å². The zero-order valence-corrected chi connectivity index (χ0v) is 27.2. The topological polar surface area (TPSA) is 119 Å². The van der Waals surface area contributed by atoms with Gasteiger partial charge in [0.15, 0.2) is 0 Å². The normalized spacial score (nSPS) is 16.4. The highest BCUT2D eigenvalue weighted by Gasteiger charge is 2.47. The van der Waals surface area contributed by atoms with Crippen LogP contribution in [0.1, 0.15) is 35.6 Å². The molecule has 2 fully saturated rings. The zero-order chi connectivity index (χ0) is 33.7. The summed E-state index contributed by atoms with van der Waals surface area (Å²) in [6.45, 7) is 2.47. The Kier molecular flexibility index (Phi) is 9.58. The average molecular weight is 662 g/mol. The average Bonchev–Trinajstić information content (AvgIpc) is 3.12. The molecule has 48 heavy (non-hydrogen) atoms. The van der Waals surface area contributed by atoms with Crippen molar-refractivity contribution >= 4 is 47.1 Å². The van der Waals surface area contributed by atoms with E-state index in [2.05, 4.69) is 47.1 Å². The van der Waals surface area contributed by atoms with Gasteiger partial charge in [0.05, 0.1) is 17.6 Å². The summed E-state index contributed by atoms with van der Waals surface area (Å²) in [4.78, 5) is 66.6. The number of hydrogen-bond donors (Lipinski definition) is 2. The number of thioether (sulfide) groups is 1. The molecule has 4 aromatic carbocycles. The number of urea groups is 1. The fourth-order valence-corrected chi connectivity index (χ4v) is 7.76. The van der Waals surface area contributed by atoms with Crippen molar-refractivity contribution in [2.24, 2.45) is 0 Å². The lowest BCUT2D eigenvalue weighted by atomic mass is 9.84. The molecule has 6 rings (SSSR count). The van der Waals surface area contributed by atoms with Crippen LogP contribution in [0.25, 0.3) is 0 Å². The molecule has 2 aliphatic heterocycles. The highest BCUT2D eigenvalue weighted by molar-refractivity contribution is 8.01. The number of hydrazine groups is 1. The van der Waals surface area contributed by atoms with E-state index in [9.17, 15) is 24.0 Å². The number of para-hydroxylation sites is 1. The molecule has 2 saturated heterocycles. The number of imide groups is 1. The largest absolute Gasteiger partial charge is 0.333 e. The van der Waals surface area contributed by atoms with Gasteiger partial charge in [0.25, 0.3) is 0 Å². The quantitative estimate of drug-likeness (QED) is 0.144. The minimum absolute atomic E-state index is 0.0689. The molecule has 244 valence electrons. The Labute approximate surface area is 283 Å². The second-order valence-electron chi connectivity index (χ2n) is 11.5. The molecular weight excluding hydrogens is 627 g/mol. The molecule has 2 aliphatic rings. The number of piperazine rings is 1. The maximum atomic E-state index is 13.4. The van der Waals surface area contributed by atoms with E-state index in [1.54, 1.807) is 43.0 Å². The fraction of sp³-hybridized carbons (Fsp3) is 0.216. The molecule has 0 unspecified atom stereocenters. The maximum absolute atomic E-state index is 13.4. The van der Waals surface area contributed by atoms with Gasteiger partial charge in [0.1, 0.15) is 5.37 Å².